The van der Waals surface area contributed by atoms with Crippen LogP contribution in [0.3, 0.4) is 0 Å². The SMILES string of the molecule is CC(=O)Nc1ccccc1OCc1cccc(C(=O)Nc2ccccc2)c1. The van der Waals surface area contributed by atoms with Crippen molar-refractivity contribution in [2.75, 3.05) is 10.6 Å². The van der Waals surface area contributed by atoms with Crippen molar-refractivity contribution in [1.29, 1.82) is 0 Å². The Morgan fingerprint density at radius 3 is 2.37 bits per heavy atom. The molecule has 0 spiro atoms. The highest BCUT2D eigenvalue weighted by Crippen LogP contribution is 2.24. The summed E-state index contributed by atoms with van der Waals surface area (Å²) in [4.78, 5) is 23.7. The Morgan fingerprint density at radius 1 is 0.852 bits per heavy atom. The van der Waals surface area contributed by atoms with Gasteiger partial charge < -0.3 is 15.4 Å². The summed E-state index contributed by atoms with van der Waals surface area (Å²) in [6.45, 7) is 1.73. The van der Waals surface area contributed by atoms with Gasteiger partial charge in [-0.25, -0.2) is 0 Å². The van der Waals surface area contributed by atoms with Gasteiger partial charge in [-0.3, -0.25) is 9.59 Å². The first kappa shape index (κ1) is 18.2. The van der Waals surface area contributed by atoms with Crippen LogP contribution in [0.1, 0.15) is 22.8 Å². The zero-order valence-electron chi connectivity index (χ0n) is 14.9. The molecule has 0 unspecified atom stereocenters. The van der Waals surface area contributed by atoms with Crippen LogP contribution < -0.4 is 15.4 Å². The number of hydrogen-bond acceptors (Lipinski definition) is 3. The van der Waals surface area contributed by atoms with E-state index in [9.17, 15) is 9.59 Å². The summed E-state index contributed by atoms with van der Waals surface area (Å²) in [6, 6.07) is 23.8. The van der Waals surface area contributed by atoms with Crippen molar-refractivity contribution < 1.29 is 14.3 Å². The molecule has 136 valence electrons. The molecule has 2 amide bonds. The van der Waals surface area contributed by atoms with Gasteiger partial charge in [0.05, 0.1) is 5.69 Å². The van der Waals surface area contributed by atoms with Crippen molar-refractivity contribution >= 4 is 23.2 Å². The number of amides is 2. The molecule has 0 bridgehead atoms. The third-order valence-corrected chi connectivity index (χ3v) is 3.81. The van der Waals surface area contributed by atoms with Crippen molar-refractivity contribution in [3.63, 3.8) is 0 Å². The van der Waals surface area contributed by atoms with E-state index < -0.39 is 0 Å². The lowest BCUT2D eigenvalue weighted by Crippen LogP contribution is -2.12. The number of para-hydroxylation sites is 3. The van der Waals surface area contributed by atoms with Crippen LogP contribution in [0.25, 0.3) is 0 Å². The molecular formula is C22H20N2O3. The van der Waals surface area contributed by atoms with E-state index in [0.717, 1.165) is 11.3 Å². The van der Waals surface area contributed by atoms with Crippen molar-refractivity contribution in [3.05, 3.63) is 90.0 Å². The maximum atomic E-state index is 12.4. The molecule has 3 aromatic carbocycles. The number of ether oxygens (including phenoxy) is 1. The fourth-order valence-electron chi connectivity index (χ4n) is 2.57. The minimum absolute atomic E-state index is 0.161. The topological polar surface area (TPSA) is 67.4 Å². The summed E-state index contributed by atoms with van der Waals surface area (Å²) >= 11 is 0. The minimum Gasteiger partial charge on any atom is -0.487 e. The summed E-state index contributed by atoms with van der Waals surface area (Å²) in [5.41, 5.74) is 2.76. The Bertz CT molecular complexity index is 939. The van der Waals surface area contributed by atoms with E-state index in [0.29, 0.717) is 17.0 Å². The van der Waals surface area contributed by atoms with Crippen LogP contribution in [0.4, 0.5) is 11.4 Å². The third kappa shape index (κ3) is 5.19. The number of benzene rings is 3. The van der Waals surface area contributed by atoms with Crippen LogP contribution in [-0.4, -0.2) is 11.8 Å². The van der Waals surface area contributed by atoms with Crippen LogP contribution in [0, 0.1) is 0 Å². The van der Waals surface area contributed by atoms with Gasteiger partial charge >= 0.3 is 0 Å². The molecule has 0 aliphatic rings. The molecule has 0 aliphatic heterocycles. The van der Waals surface area contributed by atoms with Gasteiger partial charge in [-0.05, 0) is 42.0 Å². The molecule has 5 heteroatoms. The molecule has 0 atom stereocenters. The summed E-state index contributed by atoms with van der Waals surface area (Å²) in [5, 5.41) is 5.60. The number of nitrogens with one attached hydrogen (secondary N) is 2. The molecular weight excluding hydrogens is 340 g/mol. The van der Waals surface area contributed by atoms with Gasteiger partial charge in [0.15, 0.2) is 0 Å². The van der Waals surface area contributed by atoms with Crippen LogP contribution in [-0.2, 0) is 11.4 Å². The second-order valence-corrected chi connectivity index (χ2v) is 5.99. The highest BCUT2D eigenvalue weighted by atomic mass is 16.5. The van der Waals surface area contributed by atoms with Gasteiger partial charge in [-0.1, -0.05) is 42.5 Å². The van der Waals surface area contributed by atoms with E-state index >= 15 is 0 Å². The van der Waals surface area contributed by atoms with E-state index in [1.54, 1.807) is 24.3 Å². The standard InChI is InChI=1S/C22H20N2O3/c1-16(25)23-20-12-5-6-13-21(20)27-15-17-8-7-9-18(14-17)22(26)24-19-10-3-2-4-11-19/h2-14H,15H2,1H3,(H,23,25)(H,24,26). The quantitative estimate of drug-likeness (QED) is 0.681. The van der Waals surface area contributed by atoms with Gasteiger partial charge in [0.25, 0.3) is 5.91 Å². The average molecular weight is 360 g/mol. The van der Waals surface area contributed by atoms with E-state index in [1.165, 1.54) is 6.92 Å². The molecule has 0 saturated carbocycles. The molecule has 2 N–H and O–H groups in total. The molecule has 3 rings (SSSR count). The number of rotatable bonds is 6. The Balaban J connectivity index is 1.68. The van der Waals surface area contributed by atoms with Gasteiger partial charge in [0.1, 0.15) is 12.4 Å². The van der Waals surface area contributed by atoms with Crippen LogP contribution in [0.15, 0.2) is 78.9 Å². The van der Waals surface area contributed by atoms with E-state index in [4.69, 9.17) is 4.74 Å². The first-order chi connectivity index (χ1) is 13.1. The van der Waals surface area contributed by atoms with Gasteiger partial charge in [0.2, 0.25) is 5.91 Å². The van der Waals surface area contributed by atoms with Gasteiger partial charge in [-0.15, -0.1) is 0 Å². The highest BCUT2D eigenvalue weighted by molar-refractivity contribution is 6.04. The predicted molar refractivity (Wildman–Crippen MR) is 106 cm³/mol. The fraction of sp³-hybridized carbons (Fsp3) is 0.0909. The normalized spacial score (nSPS) is 10.1. The zero-order chi connectivity index (χ0) is 19.1. The summed E-state index contributed by atoms with van der Waals surface area (Å²) < 4.78 is 5.83. The lowest BCUT2D eigenvalue weighted by Gasteiger charge is -2.12. The largest absolute Gasteiger partial charge is 0.487 e. The maximum absolute atomic E-state index is 12.4. The van der Waals surface area contributed by atoms with Gasteiger partial charge in [0, 0.05) is 18.2 Å². The second kappa shape index (κ2) is 8.67. The number of hydrogen-bond donors (Lipinski definition) is 2. The maximum Gasteiger partial charge on any atom is 0.255 e. The third-order valence-electron chi connectivity index (χ3n) is 3.81. The molecule has 0 aromatic heterocycles. The molecule has 0 heterocycles. The summed E-state index contributed by atoms with van der Waals surface area (Å²) in [5.74, 6) is 0.235. The molecule has 0 aliphatic carbocycles. The zero-order valence-corrected chi connectivity index (χ0v) is 14.9. The Labute approximate surface area is 158 Å². The average Bonchev–Trinajstić information content (AvgIpc) is 2.68. The minimum atomic E-state index is -0.179. The lowest BCUT2D eigenvalue weighted by atomic mass is 10.1. The van der Waals surface area contributed by atoms with Crippen molar-refractivity contribution in [2.45, 2.75) is 13.5 Å². The van der Waals surface area contributed by atoms with E-state index in [-0.39, 0.29) is 18.4 Å². The van der Waals surface area contributed by atoms with Crippen LogP contribution >= 0.6 is 0 Å². The molecule has 3 aromatic rings. The number of carbonyl (C=O) groups is 2. The predicted octanol–water partition coefficient (Wildman–Crippen LogP) is 4.48. The van der Waals surface area contributed by atoms with Crippen molar-refractivity contribution in [1.82, 2.24) is 0 Å². The number of carbonyl (C=O) groups excluding carboxylic acids is 2. The highest BCUT2D eigenvalue weighted by Gasteiger charge is 2.08. The van der Waals surface area contributed by atoms with Crippen LogP contribution in [0.5, 0.6) is 5.75 Å². The fourth-order valence-corrected chi connectivity index (χ4v) is 2.57. The molecule has 0 radical (unpaired) electrons. The van der Waals surface area contributed by atoms with Crippen LogP contribution in [0.2, 0.25) is 0 Å². The second-order valence-electron chi connectivity index (χ2n) is 5.99. The van der Waals surface area contributed by atoms with Crippen molar-refractivity contribution in [3.8, 4) is 5.75 Å². The molecule has 0 fully saturated rings. The molecule has 27 heavy (non-hydrogen) atoms. The van der Waals surface area contributed by atoms with E-state index in [2.05, 4.69) is 10.6 Å². The Morgan fingerprint density at radius 2 is 1.59 bits per heavy atom. The van der Waals surface area contributed by atoms with E-state index in [1.807, 2.05) is 54.6 Å². The summed E-state index contributed by atoms with van der Waals surface area (Å²) in [6.07, 6.45) is 0. The van der Waals surface area contributed by atoms with Crippen molar-refractivity contribution in [2.24, 2.45) is 0 Å². The Kier molecular flexibility index (Phi) is 5.84. The first-order valence-electron chi connectivity index (χ1n) is 8.56. The lowest BCUT2D eigenvalue weighted by molar-refractivity contribution is -0.114. The summed E-state index contributed by atoms with van der Waals surface area (Å²) in [7, 11) is 0. The smallest absolute Gasteiger partial charge is 0.255 e. The number of anilines is 2. The molecule has 0 saturated heterocycles. The molecule has 5 nitrogen and oxygen atoms in total. The Hall–Kier alpha value is -3.60. The monoisotopic (exact) mass is 360 g/mol. The first-order valence-corrected chi connectivity index (χ1v) is 8.56. The van der Waals surface area contributed by atoms with Gasteiger partial charge in [-0.2, -0.15) is 0 Å².